The molecule has 0 aliphatic heterocycles. The molecule has 0 aromatic carbocycles. The molecule has 0 amide bonds. The Morgan fingerprint density at radius 2 is 2.22 bits per heavy atom. The molecule has 96 valence electrons. The third-order valence-electron chi connectivity index (χ3n) is 2.62. The third kappa shape index (κ3) is 1.91. The minimum atomic E-state index is -0.455. The predicted molar refractivity (Wildman–Crippen MR) is 65.8 cm³/mol. The van der Waals surface area contributed by atoms with Crippen LogP contribution in [0.4, 0.5) is 0 Å². The number of nitrogens with zero attached hydrogens (tertiary/aromatic N) is 2. The number of imidazole rings is 1. The number of ether oxygens (including phenoxy) is 2. The van der Waals surface area contributed by atoms with Gasteiger partial charge in [-0.15, -0.1) is 0 Å². The summed E-state index contributed by atoms with van der Waals surface area (Å²) in [4.78, 5) is 16.0. The van der Waals surface area contributed by atoms with Gasteiger partial charge in [0.1, 0.15) is 5.82 Å². The van der Waals surface area contributed by atoms with Gasteiger partial charge in [0.15, 0.2) is 11.6 Å². The van der Waals surface area contributed by atoms with Crippen LogP contribution in [0.1, 0.15) is 16.3 Å². The van der Waals surface area contributed by atoms with Gasteiger partial charge in [-0.05, 0) is 19.2 Å². The van der Waals surface area contributed by atoms with Crippen LogP contribution < -0.4 is 10.1 Å². The summed E-state index contributed by atoms with van der Waals surface area (Å²) in [6.45, 7) is 0.526. The van der Waals surface area contributed by atoms with Crippen molar-refractivity contribution in [2.24, 2.45) is 0 Å². The van der Waals surface area contributed by atoms with E-state index in [-0.39, 0.29) is 0 Å². The molecule has 0 spiro atoms. The van der Waals surface area contributed by atoms with E-state index in [0.29, 0.717) is 29.5 Å². The third-order valence-corrected chi connectivity index (χ3v) is 2.62. The second kappa shape index (κ2) is 5.05. The molecule has 18 heavy (non-hydrogen) atoms. The van der Waals surface area contributed by atoms with Crippen LogP contribution in [-0.4, -0.2) is 36.6 Å². The van der Waals surface area contributed by atoms with Gasteiger partial charge >= 0.3 is 5.97 Å². The Kier molecular flexibility index (Phi) is 3.47. The lowest BCUT2D eigenvalue weighted by atomic mass is 10.3. The molecule has 2 heterocycles. The number of methoxy groups -OCH3 is 2. The van der Waals surface area contributed by atoms with Gasteiger partial charge in [0.2, 0.25) is 0 Å². The molecule has 0 fully saturated rings. The quantitative estimate of drug-likeness (QED) is 0.814. The van der Waals surface area contributed by atoms with Crippen molar-refractivity contribution in [3.63, 3.8) is 0 Å². The fourth-order valence-electron chi connectivity index (χ4n) is 1.86. The van der Waals surface area contributed by atoms with E-state index in [1.165, 1.54) is 7.11 Å². The normalized spacial score (nSPS) is 10.6. The van der Waals surface area contributed by atoms with Crippen molar-refractivity contribution >= 4 is 11.5 Å². The summed E-state index contributed by atoms with van der Waals surface area (Å²) in [5.74, 6) is 0.869. The van der Waals surface area contributed by atoms with Crippen molar-refractivity contribution < 1.29 is 14.3 Å². The van der Waals surface area contributed by atoms with E-state index in [1.807, 2.05) is 19.2 Å². The van der Waals surface area contributed by atoms with E-state index in [9.17, 15) is 4.79 Å². The highest BCUT2D eigenvalue weighted by Gasteiger charge is 2.19. The Bertz CT molecular complexity index is 577. The van der Waals surface area contributed by atoms with Gasteiger partial charge in [0, 0.05) is 0 Å². The van der Waals surface area contributed by atoms with Crippen LogP contribution in [0.2, 0.25) is 0 Å². The number of pyridine rings is 1. The van der Waals surface area contributed by atoms with E-state index < -0.39 is 5.97 Å². The molecule has 1 N–H and O–H groups in total. The fourth-order valence-corrected chi connectivity index (χ4v) is 1.86. The van der Waals surface area contributed by atoms with Gasteiger partial charge in [-0.3, -0.25) is 4.40 Å². The van der Waals surface area contributed by atoms with Crippen LogP contribution >= 0.6 is 0 Å². The van der Waals surface area contributed by atoms with E-state index in [1.54, 1.807) is 17.6 Å². The average molecular weight is 249 g/mol. The van der Waals surface area contributed by atoms with Crippen molar-refractivity contribution in [3.8, 4) is 5.88 Å². The van der Waals surface area contributed by atoms with E-state index in [2.05, 4.69) is 10.3 Å². The molecule has 2 aromatic rings. The lowest BCUT2D eigenvalue weighted by Gasteiger charge is -2.06. The number of aromatic nitrogens is 2. The van der Waals surface area contributed by atoms with Gasteiger partial charge < -0.3 is 14.8 Å². The molecule has 6 heteroatoms. The Morgan fingerprint density at radius 3 is 2.83 bits per heavy atom. The van der Waals surface area contributed by atoms with Gasteiger partial charge in [-0.1, -0.05) is 6.07 Å². The summed E-state index contributed by atoms with van der Waals surface area (Å²) in [7, 11) is 4.73. The first-order valence-corrected chi connectivity index (χ1v) is 5.50. The number of nitrogens with one attached hydrogen (secondary N) is 1. The summed E-state index contributed by atoms with van der Waals surface area (Å²) in [5, 5.41) is 3.01. The van der Waals surface area contributed by atoms with Gasteiger partial charge in [0.25, 0.3) is 0 Å². The largest absolute Gasteiger partial charge is 0.482 e. The van der Waals surface area contributed by atoms with Crippen molar-refractivity contribution in [2.45, 2.75) is 6.54 Å². The first-order chi connectivity index (χ1) is 8.72. The van der Waals surface area contributed by atoms with Crippen LogP contribution in [0.5, 0.6) is 5.88 Å². The van der Waals surface area contributed by atoms with Crippen molar-refractivity contribution in [1.82, 2.24) is 14.7 Å². The second-order valence-corrected chi connectivity index (χ2v) is 3.69. The maximum atomic E-state index is 11.7. The number of rotatable bonds is 4. The highest BCUT2D eigenvalue weighted by molar-refractivity contribution is 5.95. The Balaban J connectivity index is 2.71. The molecule has 6 nitrogen and oxygen atoms in total. The molecular formula is C12H15N3O3. The fraction of sp³-hybridized carbons (Fsp3) is 0.333. The maximum Gasteiger partial charge on any atom is 0.358 e. The summed E-state index contributed by atoms with van der Waals surface area (Å²) < 4.78 is 11.8. The smallest absolute Gasteiger partial charge is 0.358 e. The predicted octanol–water partition coefficient (Wildman–Crippen LogP) is 0.849. The Morgan fingerprint density at radius 1 is 1.44 bits per heavy atom. The molecule has 0 atom stereocenters. The van der Waals surface area contributed by atoms with Crippen LogP contribution in [0, 0.1) is 0 Å². The molecule has 2 aromatic heterocycles. The summed E-state index contributed by atoms with van der Waals surface area (Å²) in [6.07, 6.45) is 0. The number of carbonyl (C=O) groups excluding carboxylic acids is 1. The second-order valence-electron chi connectivity index (χ2n) is 3.69. The highest BCUT2D eigenvalue weighted by atomic mass is 16.5. The summed E-state index contributed by atoms with van der Waals surface area (Å²) >= 11 is 0. The zero-order valence-electron chi connectivity index (χ0n) is 10.6. The summed E-state index contributed by atoms with van der Waals surface area (Å²) in [6, 6.07) is 5.43. The average Bonchev–Trinajstić information content (AvgIpc) is 2.77. The SMILES string of the molecule is CNCc1nc(C(=O)OC)c2cccc(OC)n12. The molecule has 0 saturated carbocycles. The molecule has 0 saturated heterocycles. The number of hydrogen-bond acceptors (Lipinski definition) is 5. The summed E-state index contributed by atoms with van der Waals surface area (Å²) in [5.41, 5.74) is 0.966. The topological polar surface area (TPSA) is 64.9 Å². The molecule has 0 unspecified atom stereocenters. The van der Waals surface area contributed by atoms with E-state index >= 15 is 0 Å². The molecular weight excluding hydrogens is 234 g/mol. The van der Waals surface area contributed by atoms with Crippen molar-refractivity contribution in [3.05, 3.63) is 29.7 Å². The number of hydrogen-bond donors (Lipinski definition) is 1. The van der Waals surface area contributed by atoms with Gasteiger partial charge in [-0.2, -0.15) is 0 Å². The first kappa shape index (κ1) is 12.4. The van der Waals surface area contributed by atoms with E-state index in [0.717, 1.165) is 0 Å². The molecule has 0 radical (unpaired) electrons. The molecule has 0 bridgehead atoms. The van der Waals surface area contributed by atoms with E-state index in [4.69, 9.17) is 9.47 Å². The monoisotopic (exact) mass is 249 g/mol. The molecule has 0 aliphatic rings. The minimum absolute atomic E-state index is 0.293. The first-order valence-electron chi connectivity index (χ1n) is 5.50. The number of carbonyl (C=O) groups is 1. The highest BCUT2D eigenvalue weighted by Crippen LogP contribution is 2.21. The van der Waals surface area contributed by atoms with Crippen LogP contribution in [-0.2, 0) is 11.3 Å². The maximum absolute atomic E-state index is 11.7. The van der Waals surface area contributed by atoms with Crippen LogP contribution in [0.15, 0.2) is 18.2 Å². The van der Waals surface area contributed by atoms with Crippen LogP contribution in [0.25, 0.3) is 5.52 Å². The number of esters is 1. The Labute approximate surface area is 105 Å². The zero-order chi connectivity index (χ0) is 13.1. The lowest BCUT2D eigenvalue weighted by molar-refractivity contribution is 0.0597. The molecule has 0 aliphatic carbocycles. The molecule has 2 rings (SSSR count). The lowest BCUT2D eigenvalue weighted by Crippen LogP contribution is -2.10. The van der Waals surface area contributed by atoms with Crippen molar-refractivity contribution in [2.75, 3.05) is 21.3 Å². The minimum Gasteiger partial charge on any atom is -0.482 e. The zero-order valence-corrected chi connectivity index (χ0v) is 10.6. The standard InChI is InChI=1S/C12H15N3O3/c1-13-7-9-14-11(12(16)18-3)8-5-4-6-10(17-2)15(8)9/h4-6,13H,7H2,1-3H3. The Hall–Kier alpha value is -2.08. The van der Waals surface area contributed by atoms with Crippen molar-refractivity contribution in [1.29, 1.82) is 0 Å². The van der Waals surface area contributed by atoms with Gasteiger partial charge in [-0.25, -0.2) is 9.78 Å². The van der Waals surface area contributed by atoms with Crippen LogP contribution in [0.3, 0.4) is 0 Å². The van der Waals surface area contributed by atoms with Gasteiger partial charge in [0.05, 0.1) is 26.3 Å². The number of fused-ring (bicyclic) bond motifs is 1.